The summed E-state index contributed by atoms with van der Waals surface area (Å²) in [7, 11) is 0. The van der Waals surface area contributed by atoms with Gasteiger partial charge in [0.05, 0.1) is 5.52 Å². The van der Waals surface area contributed by atoms with Crippen LogP contribution >= 0.6 is 0 Å². The number of rotatable bonds is 6. The second kappa shape index (κ2) is 7.31. The van der Waals surface area contributed by atoms with Crippen molar-refractivity contribution in [2.45, 2.75) is 44.6 Å². The molecule has 3 heterocycles. The highest BCUT2D eigenvalue weighted by atomic mass is 16.2. The number of amides is 2. The van der Waals surface area contributed by atoms with Crippen molar-refractivity contribution in [1.82, 2.24) is 14.9 Å². The van der Waals surface area contributed by atoms with Crippen LogP contribution in [0.2, 0.25) is 0 Å². The molecule has 6 heteroatoms. The number of piperidine rings is 1. The number of aryl methyl sites for hydroxylation is 1. The average Bonchev–Trinajstić information content (AvgIpc) is 2.99. The molecule has 0 saturated carbocycles. The van der Waals surface area contributed by atoms with E-state index in [1.54, 1.807) is 6.20 Å². The molecule has 1 aliphatic rings. The Labute approximate surface area is 156 Å². The topological polar surface area (TPSA) is 81.1 Å². The third-order valence-electron chi connectivity index (χ3n) is 5.18. The number of fused-ring (bicyclic) bond motifs is 3. The molecule has 2 aromatic heterocycles. The number of aromatic nitrogens is 2. The normalized spacial score (nSPS) is 17.4. The molecule has 0 aliphatic carbocycles. The zero-order chi connectivity index (χ0) is 18.8. The lowest BCUT2D eigenvalue weighted by Crippen LogP contribution is -2.41. The molecule has 1 atom stereocenters. The summed E-state index contributed by atoms with van der Waals surface area (Å²) in [5, 5.41) is 4.52. The summed E-state index contributed by atoms with van der Waals surface area (Å²) in [6.45, 7) is 0. The molecular formula is C21H21N3O3. The first-order chi connectivity index (χ1) is 13.2. The lowest BCUT2D eigenvalue weighted by molar-refractivity contribution is -0.135. The quantitative estimate of drug-likeness (QED) is 0.415. The van der Waals surface area contributed by atoms with E-state index in [2.05, 4.69) is 22.4 Å². The van der Waals surface area contributed by atoms with Crippen LogP contribution in [0, 0.1) is 0 Å². The second-order valence-electron chi connectivity index (χ2n) is 6.98. The number of imide groups is 1. The van der Waals surface area contributed by atoms with Crippen LogP contribution < -0.4 is 5.32 Å². The highest BCUT2D eigenvalue weighted by Crippen LogP contribution is 2.34. The molecule has 1 N–H and O–H groups in total. The van der Waals surface area contributed by atoms with E-state index in [9.17, 15) is 14.4 Å². The van der Waals surface area contributed by atoms with Gasteiger partial charge in [0.1, 0.15) is 18.0 Å². The van der Waals surface area contributed by atoms with Crippen molar-refractivity contribution in [2.24, 2.45) is 0 Å². The largest absolute Gasteiger partial charge is 0.313 e. The maximum atomic E-state index is 12.5. The van der Waals surface area contributed by atoms with Gasteiger partial charge >= 0.3 is 0 Å². The van der Waals surface area contributed by atoms with E-state index in [0.717, 1.165) is 47.5 Å². The summed E-state index contributed by atoms with van der Waals surface area (Å²) in [4.78, 5) is 39.0. The van der Waals surface area contributed by atoms with Gasteiger partial charge in [0, 0.05) is 29.8 Å². The maximum absolute atomic E-state index is 12.5. The first kappa shape index (κ1) is 17.4. The van der Waals surface area contributed by atoms with E-state index in [1.807, 2.05) is 22.8 Å². The van der Waals surface area contributed by atoms with Gasteiger partial charge in [-0.2, -0.15) is 0 Å². The smallest absolute Gasteiger partial charge is 0.249 e. The lowest BCUT2D eigenvalue weighted by atomic mass is 10.0. The third-order valence-corrected chi connectivity index (χ3v) is 5.18. The standard InChI is InChI=1S/C21H21N3O3/c25-12-3-1-2-5-14-7-8-17-16(13-14)15-6-4-11-22-20(15)24(17)18-9-10-19(26)23-21(18)27/h4,6-8,11-13,18H,1-3,5,9-10H2,(H,23,26,27). The molecule has 1 saturated heterocycles. The number of aldehydes is 1. The number of nitrogens with zero attached hydrogens (tertiary/aromatic N) is 2. The number of hydrogen-bond acceptors (Lipinski definition) is 4. The Hall–Kier alpha value is -3.02. The summed E-state index contributed by atoms with van der Waals surface area (Å²) < 4.78 is 1.96. The fourth-order valence-corrected chi connectivity index (χ4v) is 3.88. The molecule has 0 radical (unpaired) electrons. The molecule has 0 bridgehead atoms. The van der Waals surface area contributed by atoms with Crippen molar-refractivity contribution in [2.75, 3.05) is 0 Å². The monoisotopic (exact) mass is 363 g/mol. The van der Waals surface area contributed by atoms with Crippen LogP contribution in [0.3, 0.4) is 0 Å². The first-order valence-electron chi connectivity index (χ1n) is 9.34. The second-order valence-corrected chi connectivity index (χ2v) is 6.98. The van der Waals surface area contributed by atoms with E-state index < -0.39 is 6.04 Å². The minimum atomic E-state index is -0.434. The Morgan fingerprint density at radius 1 is 1.19 bits per heavy atom. The molecule has 3 aromatic rings. The minimum Gasteiger partial charge on any atom is -0.313 e. The van der Waals surface area contributed by atoms with E-state index in [0.29, 0.717) is 19.3 Å². The van der Waals surface area contributed by atoms with E-state index >= 15 is 0 Å². The van der Waals surface area contributed by atoms with Crippen molar-refractivity contribution >= 4 is 40.0 Å². The van der Waals surface area contributed by atoms with Gasteiger partial charge in [-0.25, -0.2) is 4.98 Å². The van der Waals surface area contributed by atoms with Gasteiger partial charge in [-0.15, -0.1) is 0 Å². The highest BCUT2D eigenvalue weighted by Gasteiger charge is 2.30. The molecule has 1 aliphatic heterocycles. The van der Waals surface area contributed by atoms with Crippen LogP contribution in [0.1, 0.15) is 43.7 Å². The first-order valence-corrected chi connectivity index (χ1v) is 9.34. The molecule has 0 spiro atoms. The lowest BCUT2D eigenvalue weighted by Gasteiger charge is -2.23. The Balaban J connectivity index is 1.77. The van der Waals surface area contributed by atoms with Gasteiger partial charge in [0.2, 0.25) is 11.8 Å². The van der Waals surface area contributed by atoms with E-state index in [1.165, 1.54) is 5.56 Å². The number of nitrogens with one attached hydrogen (secondary N) is 1. The van der Waals surface area contributed by atoms with Crippen molar-refractivity contribution in [3.8, 4) is 0 Å². The molecular weight excluding hydrogens is 342 g/mol. The fourth-order valence-electron chi connectivity index (χ4n) is 3.88. The SMILES string of the molecule is O=CCCCCc1ccc2c(c1)c1cccnc1n2C1CCC(=O)NC1=O. The van der Waals surface area contributed by atoms with Gasteiger partial charge in [0.15, 0.2) is 0 Å². The van der Waals surface area contributed by atoms with Crippen LogP contribution in [0.5, 0.6) is 0 Å². The number of benzene rings is 1. The number of hydrogen-bond donors (Lipinski definition) is 1. The van der Waals surface area contributed by atoms with Crippen LogP contribution in [0.15, 0.2) is 36.5 Å². The average molecular weight is 363 g/mol. The fraction of sp³-hybridized carbons (Fsp3) is 0.333. The summed E-state index contributed by atoms with van der Waals surface area (Å²) >= 11 is 0. The zero-order valence-corrected chi connectivity index (χ0v) is 15.0. The number of unbranched alkanes of at least 4 members (excludes halogenated alkanes) is 2. The van der Waals surface area contributed by atoms with Crippen molar-refractivity contribution in [3.05, 3.63) is 42.1 Å². The summed E-state index contributed by atoms with van der Waals surface area (Å²) in [5.74, 6) is -0.490. The van der Waals surface area contributed by atoms with Gasteiger partial charge in [-0.3, -0.25) is 14.9 Å². The minimum absolute atomic E-state index is 0.220. The molecule has 2 amide bonds. The van der Waals surface area contributed by atoms with Gasteiger partial charge in [0.25, 0.3) is 0 Å². The molecule has 1 unspecified atom stereocenters. The predicted molar refractivity (Wildman–Crippen MR) is 102 cm³/mol. The Morgan fingerprint density at radius 3 is 2.89 bits per heavy atom. The number of carbonyl (C=O) groups excluding carboxylic acids is 3. The summed E-state index contributed by atoms with van der Waals surface area (Å²) in [6, 6.07) is 9.75. The van der Waals surface area contributed by atoms with Crippen LogP contribution in [0.4, 0.5) is 0 Å². The molecule has 6 nitrogen and oxygen atoms in total. The van der Waals surface area contributed by atoms with Gasteiger partial charge in [-0.05, 0) is 55.5 Å². The number of carbonyl (C=O) groups is 3. The molecule has 1 aromatic carbocycles. The highest BCUT2D eigenvalue weighted by molar-refractivity contribution is 6.09. The third kappa shape index (κ3) is 3.23. The van der Waals surface area contributed by atoms with E-state index in [4.69, 9.17) is 0 Å². The van der Waals surface area contributed by atoms with Crippen LogP contribution in [0.25, 0.3) is 21.9 Å². The Bertz CT molecular complexity index is 1040. The zero-order valence-electron chi connectivity index (χ0n) is 15.0. The maximum Gasteiger partial charge on any atom is 0.249 e. The summed E-state index contributed by atoms with van der Waals surface area (Å²) in [5.41, 5.74) is 2.93. The van der Waals surface area contributed by atoms with Crippen molar-refractivity contribution < 1.29 is 14.4 Å². The molecule has 1 fully saturated rings. The Kier molecular flexibility index (Phi) is 4.71. The van der Waals surface area contributed by atoms with Crippen LogP contribution in [-0.2, 0) is 20.8 Å². The van der Waals surface area contributed by atoms with Gasteiger partial charge < -0.3 is 9.36 Å². The molecule has 4 rings (SSSR count). The summed E-state index contributed by atoms with van der Waals surface area (Å²) in [6.07, 6.45) is 6.87. The van der Waals surface area contributed by atoms with E-state index in [-0.39, 0.29) is 11.8 Å². The van der Waals surface area contributed by atoms with Crippen LogP contribution in [-0.4, -0.2) is 27.7 Å². The Morgan fingerprint density at radius 2 is 2.07 bits per heavy atom. The number of pyridine rings is 1. The predicted octanol–water partition coefficient (Wildman–Crippen LogP) is 3.08. The molecule has 27 heavy (non-hydrogen) atoms. The molecule has 138 valence electrons. The van der Waals surface area contributed by atoms with Crippen molar-refractivity contribution in [1.29, 1.82) is 0 Å². The van der Waals surface area contributed by atoms with Crippen molar-refractivity contribution in [3.63, 3.8) is 0 Å². The van der Waals surface area contributed by atoms with Gasteiger partial charge in [-0.1, -0.05) is 6.07 Å².